The fraction of sp³-hybridized carbons (Fsp3) is 0.440. The maximum atomic E-state index is 12.7. The number of hydrogen-bond acceptors (Lipinski definition) is 3. The second-order valence-corrected chi connectivity index (χ2v) is 8.90. The molecule has 0 spiro atoms. The Morgan fingerprint density at radius 3 is 2.40 bits per heavy atom. The molecule has 30 heavy (non-hydrogen) atoms. The smallest absolute Gasteiger partial charge is 0.222 e. The highest BCUT2D eigenvalue weighted by atomic mass is 16.2. The van der Waals surface area contributed by atoms with E-state index in [1.54, 1.807) is 0 Å². The lowest BCUT2D eigenvalue weighted by atomic mass is 9.94. The molecule has 1 unspecified atom stereocenters. The monoisotopic (exact) mass is 407 g/mol. The zero-order valence-electron chi connectivity index (χ0n) is 18.5. The molecular formula is C25H33N3O2. The van der Waals surface area contributed by atoms with Gasteiger partial charge in [-0.3, -0.25) is 14.5 Å². The van der Waals surface area contributed by atoms with E-state index in [9.17, 15) is 9.59 Å². The molecule has 160 valence electrons. The molecule has 2 aromatic carbocycles. The van der Waals surface area contributed by atoms with Crippen LogP contribution in [0.3, 0.4) is 0 Å². The van der Waals surface area contributed by atoms with E-state index in [1.807, 2.05) is 31.2 Å². The van der Waals surface area contributed by atoms with E-state index < -0.39 is 0 Å². The van der Waals surface area contributed by atoms with Crippen LogP contribution in [0, 0.1) is 6.92 Å². The van der Waals surface area contributed by atoms with Crippen LogP contribution in [0.4, 0.5) is 0 Å². The molecule has 0 saturated carbocycles. The van der Waals surface area contributed by atoms with Crippen LogP contribution >= 0.6 is 0 Å². The van der Waals surface area contributed by atoms with E-state index in [-0.39, 0.29) is 29.8 Å². The fourth-order valence-electron chi connectivity index (χ4n) is 3.99. The molecule has 2 amide bonds. The molecule has 0 bridgehead atoms. The molecule has 0 radical (unpaired) electrons. The molecule has 1 heterocycles. The molecule has 0 fully saturated rings. The number of nitrogens with zero attached hydrogens (tertiary/aromatic N) is 1. The molecular weight excluding hydrogens is 374 g/mol. The lowest BCUT2D eigenvalue weighted by molar-refractivity contribution is -0.123. The zero-order valence-corrected chi connectivity index (χ0v) is 18.5. The van der Waals surface area contributed by atoms with Crippen LogP contribution in [0.15, 0.2) is 48.5 Å². The Hall–Kier alpha value is -2.66. The van der Waals surface area contributed by atoms with E-state index in [0.717, 1.165) is 30.6 Å². The van der Waals surface area contributed by atoms with Gasteiger partial charge in [0.2, 0.25) is 11.8 Å². The minimum atomic E-state index is -0.326. The summed E-state index contributed by atoms with van der Waals surface area (Å²) >= 11 is 0. The average molecular weight is 408 g/mol. The second-order valence-electron chi connectivity index (χ2n) is 8.90. The molecule has 3 rings (SSSR count). The van der Waals surface area contributed by atoms with E-state index in [2.05, 4.69) is 53.6 Å². The Kier molecular flexibility index (Phi) is 6.93. The summed E-state index contributed by atoms with van der Waals surface area (Å²) in [7, 11) is 0. The van der Waals surface area contributed by atoms with Crippen LogP contribution in [0.1, 0.15) is 55.5 Å². The highest BCUT2D eigenvalue weighted by Crippen LogP contribution is 2.25. The number of aryl methyl sites for hydroxylation is 1. The number of hydrogen-bond donors (Lipinski definition) is 2. The van der Waals surface area contributed by atoms with Gasteiger partial charge >= 0.3 is 0 Å². The number of benzene rings is 2. The summed E-state index contributed by atoms with van der Waals surface area (Å²) in [6.45, 7) is 10.3. The van der Waals surface area contributed by atoms with Gasteiger partial charge in [0.1, 0.15) is 0 Å². The summed E-state index contributed by atoms with van der Waals surface area (Å²) in [5.74, 6) is -0.194. The van der Waals surface area contributed by atoms with Crippen molar-refractivity contribution < 1.29 is 9.59 Å². The van der Waals surface area contributed by atoms with Crippen molar-refractivity contribution in [3.05, 3.63) is 70.8 Å². The minimum absolute atomic E-state index is 0.0557. The summed E-state index contributed by atoms with van der Waals surface area (Å²) in [5.41, 5.74) is 4.72. The van der Waals surface area contributed by atoms with E-state index in [1.165, 1.54) is 18.1 Å². The Labute approximate surface area is 179 Å². The van der Waals surface area contributed by atoms with Gasteiger partial charge in [0.15, 0.2) is 0 Å². The molecule has 0 aliphatic carbocycles. The second kappa shape index (κ2) is 9.43. The standard InChI is InChI=1S/C25H33N3O2/c1-18-9-11-21(12-10-18)23(27-19(2)29)15-24(30)26-17-25(3,4)28-14-13-20-7-5-6-8-22(20)16-28/h5-12,23H,13-17H2,1-4H3,(H,26,30)(H,27,29). The third-order valence-electron chi connectivity index (χ3n) is 5.95. The van der Waals surface area contributed by atoms with Crippen molar-refractivity contribution in [2.75, 3.05) is 13.1 Å². The first-order chi connectivity index (χ1) is 14.2. The molecule has 2 N–H and O–H groups in total. The van der Waals surface area contributed by atoms with E-state index in [4.69, 9.17) is 0 Å². The molecule has 1 aliphatic heterocycles. The SMILES string of the molecule is CC(=O)NC(CC(=O)NCC(C)(C)N1CCc2ccccc2C1)c1ccc(C)cc1. The van der Waals surface area contributed by atoms with Gasteiger partial charge in [-0.15, -0.1) is 0 Å². The lowest BCUT2D eigenvalue weighted by Crippen LogP contribution is -2.53. The van der Waals surface area contributed by atoms with Crippen molar-refractivity contribution in [1.29, 1.82) is 0 Å². The highest BCUT2D eigenvalue weighted by Gasteiger charge is 2.30. The van der Waals surface area contributed by atoms with Gasteiger partial charge < -0.3 is 10.6 Å². The first-order valence-corrected chi connectivity index (χ1v) is 10.7. The topological polar surface area (TPSA) is 61.4 Å². The van der Waals surface area contributed by atoms with Crippen LogP contribution in [-0.4, -0.2) is 35.3 Å². The molecule has 1 aliphatic rings. The molecule has 0 saturated heterocycles. The van der Waals surface area contributed by atoms with Gasteiger partial charge in [-0.05, 0) is 43.9 Å². The quantitative estimate of drug-likeness (QED) is 0.738. The summed E-state index contributed by atoms with van der Waals surface area (Å²) in [6.07, 6.45) is 1.26. The van der Waals surface area contributed by atoms with Crippen molar-refractivity contribution >= 4 is 11.8 Å². The predicted molar refractivity (Wildman–Crippen MR) is 120 cm³/mol. The van der Waals surface area contributed by atoms with E-state index >= 15 is 0 Å². The maximum Gasteiger partial charge on any atom is 0.222 e. The van der Waals surface area contributed by atoms with Crippen LogP contribution in [-0.2, 0) is 22.6 Å². The third kappa shape index (κ3) is 5.70. The van der Waals surface area contributed by atoms with Crippen LogP contribution in [0.25, 0.3) is 0 Å². The number of carbonyl (C=O) groups is 2. The molecule has 1 atom stereocenters. The summed E-state index contributed by atoms with van der Waals surface area (Å²) in [6, 6.07) is 16.2. The van der Waals surface area contributed by atoms with Gasteiger partial charge in [0.05, 0.1) is 12.5 Å². The number of carbonyl (C=O) groups excluding carboxylic acids is 2. The molecule has 0 aromatic heterocycles. The number of amides is 2. The van der Waals surface area contributed by atoms with Gasteiger partial charge in [-0.1, -0.05) is 54.1 Å². The minimum Gasteiger partial charge on any atom is -0.354 e. The van der Waals surface area contributed by atoms with Crippen molar-refractivity contribution in [1.82, 2.24) is 15.5 Å². The fourth-order valence-corrected chi connectivity index (χ4v) is 3.99. The van der Waals surface area contributed by atoms with Gasteiger partial charge in [0.25, 0.3) is 0 Å². The molecule has 2 aromatic rings. The first kappa shape index (κ1) is 22.0. The lowest BCUT2D eigenvalue weighted by Gasteiger charge is -2.41. The van der Waals surface area contributed by atoms with Gasteiger partial charge in [0, 0.05) is 32.1 Å². The summed E-state index contributed by atoms with van der Waals surface area (Å²) in [5, 5.41) is 6.01. The Morgan fingerprint density at radius 2 is 1.73 bits per heavy atom. The predicted octanol–water partition coefficient (Wildman–Crippen LogP) is 3.52. The van der Waals surface area contributed by atoms with Gasteiger partial charge in [-0.2, -0.15) is 0 Å². The van der Waals surface area contributed by atoms with E-state index in [0.29, 0.717) is 6.54 Å². The number of nitrogens with one attached hydrogen (secondary N) is 2. The summed E-state index contributed by atoms with van der Waals surface area (Å²) in [4.78, 5) is 26.8. The van der Waals surface area contributed by atoms with Crippen molar-refractivity contribution in [2.24, 2.45) is 0 Å². The highest BCUT2D eigenvalue weighted by molar-refractivity contribution is 5.79. The zero-order chi connectivity index (χ0) is 21.7. The normalized spacial score (nSPS) is 15.2. The molecule has 5 nitrogen and oxygen atoms in total. The van der Waals surface area contributed by atoms with Gasteiger partial charge in [-0.25, -0.2) is 0 Å². The van der Waals surface area contributed by atoms with Crippen molar-refractivity contribution in [3.8, 4) is 0 Å². The van der Waals surface area contributed by atoms with Crippen molar-refractivity contribution in [3.63, 3.8) is 0 Å². The van der Waals surface area contributed by atoms with Crippen LogP contribution in [0.2, 0.25) is 0 Å². The van der Waals surface area contributed by atoms with Crippen LogP contribution < -0.4 is 10.6 Å². The summed E-state index contributed by atoms with van der Waals surface area (Å²) < 4.78 is 0. The average Bonchev–Trinajstić information content (AvgIpc) is 2.72. The number of fused-ring (bicyclic) bond motifs is 1. The Balaban J connectivity index is 1.59. The van der Waals surface area contributed by atoms with Crippen molar-refractivity contribution in [2.45, 2.75) is 58.7 Å². The third-order valence-corrected chi connectivity index (χ3v) is 5.95. The molecule has 5 heteroatoms. The Bertz CT molecular complexity index is 890. The Morgan fingerprint density at radius 1 is 1.07 bits per heavy atom. The van der Waals surface area contributed by atoms with Crippen LogP contribution in [0.5, 0.6) is 0 Å². The number of rotatable bonds is 7. The maximum absolute atomic E-state index is 12.7. The first-order valence-electron chi connectivity index (χ1n) is 10.7. The largest absolute Gasteiger partial charge is 0.354 e.